The van der Waals surface area contributed by atoms with Crippen molar-refractivity contribution in [1.82, 2.24) is 24.8 Å². The Morgan fingerprint density at radius 2 is 1.53 bits per heavy atom. The zero-order chi connectivity index (χ0) is 37.5. The molecule has 17 heteroatoms. The van der Waals surface area contributed by atoms with Crippen LogP contribution < -0.4 is 11.0 Å². The summed E-state index contributed by atoms with van der Waals surface area (Å²) < 4.78 is 65.4. The molecule has 2 aliphatic rings. The maximum absolute atomic E-state index is 12.9. The Morgan fingerprint density at radius 1 is 0.922 bits per heavy atom. The zero-order valence-corrected chi connectivity index (χ0v) is 27.1. The maximum atomic E-state index is 12.9. The van der Waals surface area contributed by atoms with Gasteiger partial charge in [0.15, 0.2) is 0 Å². The van der Waals surface area contributed by atoms with Crippen LogP contribution in [0.5, 0.6) is 0 Å². The van der Waals surface area contributed by atoms with Gasteiger partial charge in [-0.1, -0.05) is 42.5 Å². The number of benzene rings is 2. The van der Waals surface area contributed by atoms with Crippen molar-refractivity contribution in [1.29, 1.82) is 0 Å². The molecule has 2 aromatic carbocycles. The summed E-state index contributed by atoms with van der Waals surface area (Å²) in [6.07, 6.45) is -3.80. The van der Waals surface area contributed by atoms with Crippen LogP contribution in [0.3, 0.4) is 0 Å². The van der Waals surface area contributed by atoms with Gasteiger partial charge in [-0.05, 0) is 61.4 Å². The topological polar surface area (TPSA) is 158 Å². The Labute approximate surface area is 286 Å². The van der Waals surface area contributed by atoms with Crippen LogP contribution in [0, 0.1) is 5.92 Å². The fraction of sp³-hybridized carbons (Fsp3) is 0.382. The molecule has 1 saturated carbocycles. The second kappa shape index (κ2) is 16.2. The van der Waals surface area contributed by atoms with E-state index in [0.29, 0.717) is 5.92 Å². The molecule has 2 fully saturated rings. The van der Waals surface area contributed by atoms with E-state index in [1.54, 1.807) is 6.20 Å². The normalized spacial score (nSPS) is 18.4. The molecular formula is C34H35F6N5O6. The number of rotatable bonds is 7. The molecule has 3 heterocycles. The zero-order valence-electron chi connectivity index (χ0n) is 27.1. The lowest BCUT2D eigenvalue weighted by Gasteiger charge is -2.34. The fourth-order valence-electron chi connectivity index (χ4n) is 5.90. The van der Waals surface area contributed by atoms with Crippen molar-refractivity contribution in [2.75, 3.05) is 19.6 Å². The van der Waals surface area contributed by atoms with Gasteiger partial charge in [-0.2, -0.15) is 26.3 Å². The monoisotopic (exact) mass is 723 g/mol. The number of fused-ring (bicyclic) bond motifs is 1. The first-order valence-corrected chi connectivity index (χ1v) is 15.8. The van der Waals surface area contributed by atoms with Gasteiger partial charge in [-0.25, -0.2) is 14.4 Å². The minimum Gasteiger partial charge on any atom is -0.475 e. The number of pyridine rings is 1. The van der Waals surface area contributed by atoms with E-state index in [0.717, 1.165) is 61.1 Å². The molecule has 0 bridgehead atoms. The third kappa shape index (κ3) is 10.7. The number of imidazole rings is 1. The van der Waals surface area contributed by atoms with E-state index < -0.39 is 24.3 Å². The summed E-state index contributed by atoms with van der Waals surface area (Å²) in [5.74, 6) is -4.88. The highest BCUT2D eigenvalue weighted by Gasteiger charge is 2.44. The minimum atomic E-state index is -5.08. The van der Waals surface area contributed by atoms with E-state index in [9.17, 15) is 35.9 Å². The summed E-state index contributed by atoms with van der Waals surface area (Å²) in [6.45, 7) is 4.74. The summed E-state index contributed by atoms with van der Waals surface area (Å²) in [7, 11) is 0. The number of amides is 1. The van der Waals surface area contributed by atoms with Crippen LogP contribution in [0.1, 0.15) is 43.7 Å². The van der Waals surface area contributed by atoms with Crippen LogP contribution in [0.2, 0.25) is 0 Å². The lowest BCUT2D eigenvalue weighted by Crippen LogP contribution is -2.45. The molecule has 2 aromatic heterocycles. The number of alkyl halides is 6. The largest absolute Gasteiger partial charge is 0.490 e. The Balaban J connectivity index is 0.000000353. The highest BCUT2D eigenvalue weighted by atomic mass is 19.4. The second-order valence-electron chi connectivity index (χ2n) is 12.2. The van der Waals surface area contributed by atoms with Gasteiger partial charge in [0.1, 0.15) is 0 Å². The molecule has 1 aliphatic heterocycles. The minimum absolute atomic E-state index is 0.0465. The van der Waals surface area contributed by atoms with Gasteiger partial charge in [-0.15, -0.1) is 0 Å². The van der Waals surface area contributed by atoms with Gasteiger partial charge < -0.3 is 25.4 Å². The SMILES string of the molecule is C[C@@H](CN1CCC(n2c(=O)[nH]c3cc(-c4cccnc4)ccc32)CC1)NC(=O)[C@H]1C[C@@H]1c1ccccc1.O=C(O)C(F)(F)F.O=C(O)C(F)(F)F. The van der Waals surface area contributed by atoms with Gasteiger partial charge in [0.2, 0.25) is 5.91 Å². The quantitative estimate of drug-likeness (QED) is 0.180. The number of aromatic nitrogens is 3. The van der Waals surface area contributed by atoms with Gasteiger partial charge in [0, 0.05) is 55.6 Å². The standard InChI is InChI=1S/C30H33N5O2.2C2HF3O2/c1-20(32-29(36)26-17-25(26)21-6-3-2-4-7-21)19-34-14-11-24(12-15-34)35-28-10-9-22(16-27(28)33-30(35)37)23-8-5-13-31-18-23;2*3-2(4,5)1(6)7/h2-10,13,16,18,20,24-26H,11-12,14-15,17,19H2,1H3,(H,32,36)(H,33,37);2*(H,6,7)/t20-,25+,26-;;/m0../s1. The van der Waals surface area contributed by atoms with E-state index >= 15 is 0 Å². The van der Waals surface area contributed by atoms with Crippen molar-refractivity contribution in [3.8, 4) is 11.1 Å². The molecule has 0 spiro atoms. The lowest BCUT2D eigenvalue weighted by atomic mass is 10.0. The number of nitrogens with zero attached hydrogens (tertiary/aromatic N) is 3. The Bertz CT molecular complexity index is 1830. The third-order valence-corrected chi connectivity index (χ3v) is 8.39. The van der Waals surface area contributed by atoms with E-state index in [1.165, 1.54) is 5.56 Å². The van der Waals surface area contributed by atoms with Gasteiger partial charge in [0.05, 0.1) is 11.0 Å². The predicted octanol–water partition coefficient (Wildman–Crippen LogP) is 5.60. The summed E-state index contributed by atoms with van der Waals surface area (Å²) in [6, 6.07) is 20.7. The van der Waals surface area contributed by atoms with Crippen molar-refractivity contribution in [3.63, 3.8) is 0 Å². The van der Waals surface area contributed by atoms with Crippen LogP contribution in [0.4, 0.5) is 26.3 Å². The number of aliphatic carboxylic acids is 2. The molecule has 0 radical (unpaired) electrons. The number of aromatic amines is 1. The Kier molecular flexibility index (Phi) is 12.3. The first-order chi connectivity index (χ1) is 24.0. The number of carboxylic acids is 2. The summed E-state index contributed by atoms with van der Waals surface area (Å²) in [5, 5.41) is 17.5. The van der Waals surface area contributed by atoms with Crippen molar-refractivity contribution < 1.29 is 50.9 Å². The molecule has 0 unspecified atom stereocenters. The third-order valence-electron chi connectivity index (χ3n) is 8.39. The van der Waals surface area contributed by atoms with Gasteiger partial charge in [-0.3, -0.25) is 14.3 Å². The number of H-pyrrole nitrogens is 1. The second-order valence-corrected chi connectivity index (χ2v) is 12.2. The number of hydrogen-bond acceptors (Lipinski definition) is 6. The molecule has 1 aliphatic carbocycles. The molecule has 1 saturated heterocycles. The number of carbonyl (C=O) groups is 3. The van der Waals surface area contributed by atoms with Gasteiger partial charge in [0.25, 0.3) is 0 Å². The number of hydrogen-bond donors (Lipinski definition) is 4. The van der Waals surface area contributed by atoms with Crippen LogP contribution in [0.15, 0.2) is 77.9 Å². The number of halogens is 6. The van der Waals surface area contributed by atoms with Crippen LogP contribution >= 0.6 is 0 Å². The number of carbonyl (C=O) groups excluding carboxylic acids is 1. The molecular weight excluding hydrogens is 688 g/mol. The van der Waals surface area contributed by atoms with E-state index in [-0.39, 0.29) is 29.6 Å². The first kappa shape index (κ1) is 38.6. The summed E-state index contributed by atoms with van der Waals surface area (Å²) in [4.78, 5) is 53.1. The van der Waals surface area contributed by atoms with E-state index in [2.05, 4.69) is 45.3 Å². The van der Waals surface area contributed by atoms with E-state index in [4.69, 9.17) is 19.8 Å². The van der Waals surface area contributed by atoms with Crippen molar-refractivity contribution >= 4 is 28.9 Å². The lowest BCUT2D eigenvalue weighted by molar-refractivity contribution is -0.193. The number of carboxylic acid groups (broad SMARTS) is 2. The fourth-order valence-corrected chi connectivity index (χ4v) is 5.90. The number of likely N-dealkylation sites (tertiary alicyclic amines) is 1. The maximum Gasteiger partial charge on any atom is 0.490 e. The smallest absolute Gasteiger partial charge is 0.475 e. The molecule has 4 N–H and O–H groups in total. The predicted molar refractivity (Wildman–Crippen MR) is 173 cm³/mol. The first-order valence-electron chi connectivity index (χ1n) is 15.8. The van der Waals surface area contributed by atoms with Crippen LogP contribution in [-0.2, 0) is 14.4 Å². The summed E-state index contributed by atoms with van der Waals surface area (Å²) in [5.41, 5.74) is 5.10. The Hall–Kier alpha value is -5.19. The molecule has 1 amide bonds. The Morgan fingerprint density at radius 3 is 2.08 bits per heavy atom. The molecule has 274 valence electrons. The van der Waals surface area contributed by atoms with Crippen molar-refractivity contribution in [2.24, 2.45) is 5.92 Å². The average molecular weight is 724 g/mol. The number of piperidine rings is 1. The molecule has 3 atom stereocenters. The van der Waals surface area contributed by atoms with Crippen molar-refractivity contribution in [2.45, 2.75) is 56.5 Å². The molecule has 51 heavy (non-hydrogen) atoms. The van der Waals surface area contributed by atoms with E-state index in [1.807, 2.05) is 53.2 Å². The highest BCUT2D eigenvalue weighted by Crippen LogP contribution is 2.47. The highest BCUT2D eigenvalue weighted by molar-refractivity contribution is 5.83. The van der Waals surface area contributed by atoms with Crippen LogP contribution in [-0.4, -0.2) is 85.5 Å². The van der Waals surface area contributed by atoms with Gasteiger partial charge >= 0.3 is 30.0 Å². The molecule has 11 nitrogen and oxygen atoms in total. The molecule has 6 rings (SSSR count). The van der Waals surface area contributed by atoms with Crippen molar-refractivity contribution in [3.05, 3.63) is 89.1 Å². The average Bonchev–Trinajstić information content (AvgIpc) is 3.82. The number of nitrogens with one attached hydrogen (secondary N) is 2. The summed E-state index contributed by atoms with van der Waals surface area (Å²) >= 11 is 0. The molecule has 4 aromatic rings. The van der Waals surface area contributed by atoms with Crippen LogP contribution in [0.25, 0.3) is 22.2 Å².